The molecule has 0 radical (unpaired) electrons. The van der Waals surface area contributed by atoms with Crippen molar-refractivity contribution < 1.29 is 12.6 Å². The van der Waals surface area contributed by atoms with E-state index in [0.717, 1.165) is 3.57 Å². The van der Waals surface area contributed by atoms with Gasteiger partial charge in [-0.25, -0.2) is 0 Å². The minimum atomic E-state index is -3.77. The molecule has 0 aromatic heterocycles. The molecule has 0 spiro atoms. The Hall–Kier alpha value is -1.08. The largest absolute Gasteiger partial charge is 0.378 e. The Labute approximate surface area is 120 Å². The molecule has 5 heteroatoms. The number of hydrogen-bond acceptors (Lipinski definition) is 3. The molecule has 0 aliphatic rings. The molecule has 0 amide bonds. The molecule has 0 atom stereocenters. The highest BCUT2D eigenvalue weighted by molar-refractivity contribution is 14.1. The van der Waals surface area contributed by atoms with Gasteiger partial charge in [-0.15, -0.1) is 0 Å². The van der Waals surface area contributed by atoms with Gasteiger partial charge < -0.3 is 4.18 Å². The average molecular weight is 374 g/mol. The molecule has 0 unspecified atom stereocenters. The second-order valence-electron chi connectivity index (χ2n) is 3.73. The van der Waals surface area contributed by atoms with E-state index in [4.69, 9.17) is 4.18 Å². The molecular formula is C13H11IO3S. The van der Waals surface area contributed by atoms with Crippen molar-refractivity contribution in [2.45, 2.75) is 11.8 Å². The maximum Gasteiger partial charge on any atom is 0.339 e. The predicted molar refractivity (Wildman–Crippen MR) is 78.2 cm³/mol. The standard InChI is InChI=1S/C13H11IO3S/c1-10-6-2-5-9-13(10)18(15,16)17-12-8-4-3-7-11(12)14/h2-9H,1H3. The van der Waals surface area contributed by atoms with Crippen molar-refractivity contribution in [3.05, 3.63) is 57.7 Å². The summed E-state index contributed by atoms with van der Waals surface area (Å²) in [7, 11) is -3.77. The number of aryl methyl sites for hydroxylation is 1. The fraction of sp³-hybridized carbons (Fsp3) is 0.0769. The van der Waals surface area contributed by atoms with Crippen LogP contribution >= 0.6 is 22.6 Å². The maximum atomic E-state index is 12.1. The maximum absolute atomic E-state index is 12.1. The number of halogens is 1. The first-order valence-electron chi connectivity index (χ1n) is 5.25. The van der Waals surface area contributed by atoms with Crippen molar-refractivity contribution in [2.75, 3.05) is 0 Å². The Morgan fingerprint density at radius 3 is 2.28 bits per heavy atom. The molecule has 0 saturated carbocycles. The fourth-order valence-electron chi connectivity index (χ4n) is 1.51. The summed E-state index contributed by atoms with van der Waals surface area (Å²) in [5, 5.41) is 0. The smallest absolute Gasteiger partial charge is 0.339 e. The van der Waals surface area contributed by atoms with Crippen LogP contribution in [0.3, 0.4) is 0 Å². The zero-order valence-electron chi connectivity index (χ0n) is 9.63. The van der Waals surface area contributed by atoms with Crippen LogP contribution in [0, 0.1) is 10.5 Å². The zero-order valence-corrected chi connectivity index (χ0v) is 12.6. The second kappa shape index (κ2) is 5.27. The molecule has 0 fully saturated rings. The van der Waals surface area contributed by atoms with Gasteiger partial charge in [-0.1, -0.05) is 30.3 Å². The van der Waals surface area contributed by atoms with Crippen LogP contribution in [0.2, 0.25) is 0 Å². The predicted octanol–water partition coefficient (Wildman–Crippen LogP) is 3.37. The van der Waals surface area contributed by atoms with E-state index in [-0.39, 0.29) is 4.90 Å². The van der Waals surface area contributed by atoms with Gasteiger partial charge in [-0.3, -0.25) is 0 Å². The summed E-state index contributed by atoms with van der Waals surface area (Å²) in [6.45, 7) is 1.74. The first-order chi connectivity index (χ1) is 8.50. The van der Waals surface area contributed by atoms with E-state index in [2.05, 4.69) is 0 Å². The first-order valence-corrected chi connectivity index (χ1v) is 7.74. The van der Waals surface area contributed by atoms with E-state index in [1.807, 2.05) is 28.7 Å². The third-order valence-corrected chi connectivity index (χ3v) is 4.69. The van der Waals surface area contributed by atoms with Crippen molar-refractivity contribution in [1.82, 2.24) is 0 Å². The van der Waals surface area contributed by atoms with Crippen LogP contribution in [0.15, 0.2) is 53.4 Å². The quantitative estimate of drug-likeness (QED) is 0.611. The summed E-state index contributed by atoms with van der Waals surface area (Å²) in [4.78, 5) is 0.199. The van der Waals surface area contributed by atoms with Gasteiger partial charge >= 0.3 is 10.1 Å². The monoisotopic (exact) mass is 374 g/mol. The van der Waals surface area contributed by atoms with E-state index < -0.39 is 10.1 Å². The Morgan fingerprint density at radius 2 is 1.61 bits per heavy atom. The van der Waals surface area contributed by atoms with E-state index >= 15 is 0 Å². The van der Waals surface area contributed by atoms with Crippen LogP contribution in [0.4, 0.5) is 0 Å². The topological polar surface area (TPSA) is 43.4 Å². The SMILES string of the molecule is Cc1ccccc1S(=O)(=O)Oc1ccccc1I. The van der Waals surface area contributed by atoms with Crippen LogP contribution in [0.25, 0.3) is 0 Å². The van der Waals surface area contributed by atoms with E-state index in [1.54, 1.807) is 49.4 Å². The van der Waals surface area contributed by atoms with Crippen molar-refractivity contribution in [1.29, 1.82) is 0 Å². The van der Waals surface area contributed by atoms with Crippen molar-refractivity contribution in [3.8, 4) is 5.75 Å². The zero-order chi connectivity index (χ0) is 13.2. The summed E-state index contributed by atoms with van der Waals surface area (Å²) in [6, 6.07) is 13.8. The van der Waals surface area contributed by atoms with E-state index in [1.165, 1.54) is 0 Å². The summed E-state index contributed by atoms with van der Waals surface area (Å²) in [6.07, 6.45) is 0. The van der Waals surface area contributed by atoms with Crippen LogP contribution in [-0.2, 0) is 10.1 Å². The third-order valence-electron chi connectivity index (χ3n) is 2.40. The Balaban J connectivity index is 2.40. The summed E-state index contributed by atoms with van der Waals surface area (Å²) in [5.41, 5.74) is 0.670. The van der Waals surface area contributed by atoms with Crippen molar-refractivity contribution in [3.63, 3.8) is 0 Å². The highest BCUT2D eigenvalue weighted by Crippen LogP contribution is 2.25. The van der Waals surface area contributed by atoms with Gasteiger partial charge in [0.05, 0.1) is 3.57 Å². The number of para-hydroxylation sites is 1. The lowest BCUT2D eigenvalue weighted by molar-refractivity contribution is 0.484. The van der Waals surface area contributed by atoms with Crippen LogP contribution in [0.5, 0.6) is 5.75 Å². The lowest BCUT2D eigenvalue weighted by Gasteiger charge is -2.10. The normalized spacial score (nSPS) is 11.2. The van der Waals surface area contributed by atoms with Gasteiger partial charge in [0.25, 0.3) is 0 Å². The Bertz CT molecular complexity index is 665. The lowest BCUT2D eigenvalue weighted by Crippen LogP contribution is -2.11. The van der Waals surface area contributed by atoms with E-state index in [0.29, 0.717) is 11.3 Å². The molecule has 2 rings (SSSR count). The molecule has 3 nitrogen and oxygen atoms in total. The van der Waals surface area contributed by atoms with Gasteiger partial charge in [0.15, 0.2) is 5.75 Å². The number of rotatable bonds is 3. The molecule has 0 N–H and O–H groups in total. The summed E-state index contributed by atoms with van der Waals surface area (Å²) in [5.74, 6) is 0.348. The molecule has 18 heavy (non-hydrogen) atoms. The van der Waals surface area contributed by atoms with Gasteiger partial charge in [0.2, 0.25) is 0 Å². The Kier molecular flexibility index (Phi) is 3.91. The minimum absolute atomic E-state index is 0.199. The first kappa shape index (κ1) is 13.4. The Morgan fingerprint density at radius 1 is 1.00 bits per heavy atom. The molecular weight excluding hydrogens is 363 g/mol. The van der Waals surface area contributed by atoms with Gasteiger partial charge in [0.1, 0.15) is 4.90 Å². The highest BCUT2D eigenvalue weighted by Gasteiger charge is 2.19. The summed E-state index contributed by atoms with van der Waals surface area (Å²) < 4.78 is 30.2. The molecule has 2 aromatic carbocycles. The van der Waals surface area contributed by atoms with Crippen molar-refractivity contribution in [2.24, 2.45) is 0 Å². The van der Waals surface area contributed by atoms with Crippen molar-refractivity contribution >= 4 is 32.7 Å². The molecule has 0 bridgehead atoms. The third kappa shape index (κ3) is 2.84. The van der Waals surface area contributed by atoms with Gasteiger partial charge in [0, 0.05) is 0 Å². The molecule has 94 valence electrons. The summed E-state index contributed by atoms with van der Waals surface area (Å²) >= 11 is 2.04. The highest BCUT2D eigenvalue weighted by atomic mass is 127. The lowest BCUT2D eigenvalue weighted by atomic mass is 10.2. The minimum Gasteiger partial charge on any atom is -0.378 e. The van der Waals surface area contributed by atoms with Crippen LogP contribution < -0.4 is 4.18 Å². The van der Waals surface area contributed by atoms with Gasteiger partial charge in [-0.05, 0) is 53.3 Å². The molecule has 0 saturated heterocycles. The van der Waals surface area contributed by atoms with Crippen LogP contribution in [0.1, 0.15) is 5.56 Å². The number of hydrogen-bond donors (Lipinski definition) is 0. The number of benzene rings is 2. The van der Waals surface area contributed by atoms with Gasteiger partial charge in [-0.2, -0.15) is 8.42 Å². The van der Waals surface area contributed by atoms with E-state index in [9.17, 15) is 8.42 Å². The molecule has 0 heterocycles. The average Bonchev–Trinajstić information content (AvgIpc) is 2.32. The molecule has 0 aliphatic carbocycles. The molecule has 0 aliphatic heterocycles. The second-order valence-corrected chi connectivity index (χ2v) is 6.41. The fourth-order valence-corrected chi connectivity index (χ4v) is 3.34. The van der Waals surface area contributed by atoms with Crippen LogP contribution in [-0.4, -0.2) is 8.42 Å². The molecule has 2 aromatic rings.